The number of halogens is 3. The average Bonchev–Trinajstić information content (AvgIpc) is 2.86. The summed E-state index contributed by atoms with van der Waals surface area (Å²) in [6.07, 6.45) is -3.99. The molecule has 3 nitrogen and oxygen atoms in total. The van der Waals surface area contributed by atoms with E-state index in [-0.39, 0.29) is 12.0 Å². The molecule has 0 aliphatic carbocycles. The lowest BCUT2D eigenvalue weighted by Crippen LogP contribution is -2.50. The molecule has 122 valence electrons. The van der Waals surface area contributed by atoms with E-state index in [1.165, 1.54) is 23.9 Å². The normalized spacial score (nSPS) is 23.3. The average molecular weight is 333 g/mol. The van der Waals surface area contributed by atoms with Gasteiger partial charge in [-0.25, -0.2) is 0 Å². The molecule has 1 heterocycles. The van der Waals surface area contributed by atoms with Crippen molar-refractivity contribution in [1.29, 1.82) is 0 Å². The lowest BCUT2D eigenvalue weighted by Gasteiger charge is -2.24. The van der Waals surface area contributed by atoms with E-state index in [9.17, 15) is 23.1 Å². The van der Waals surface area contributed by atoms with Crippen LogP contribution in [0.2, 0.25) is 0 Å². The lowest BCUT2D eigenvalue weighted by molar-refractivity contribution is -0.138. The highest BCUT2D eigenvalue weighted by molar-refractivity contribution is 7.99. The summed E-state index contributed by atoms with van der Waals surface area (Å²) < 4.78 is 38.8. The maximum atomic E-state index is 12.9. The molecule has 0 unspecified atom stereocenters. The topological polar surface area (TPSA) is 49.3 Å². The molecule has 0 saturated carbocycles. The minimum atomic E-state index is -4.42. The van der Waals surface area contributed by atoms with Gasteiger partial charge in [0, 0.05) is 11.8 Å². The zero-order chi connectivity index (χ0) is 16.4. The zero-order valence-electron chi connectivity index (χ0n) is 12.1. The van der Waals surface area contributed by atoms with E-state index in [0.29, 0.717) is 17.9 Å². The number of carbonyl (C=O) groups is 1. The minimum absolute atomic E-state index is 0.0602. The number of rotatable bonds is 4. The third-order valence-electron chi connectivity index (χ3n) is 3.65. The molecule has 22 heavy (non-hydrogen) atoms. The Labute approximate surface area is 131 Å². The summed E-state index contributed by atoms with van der Waals surface area (Å²) in [7, 11) is 0. The Bertz CT molecular complexity index is 542. The van der Waals surface area contributed by atoms with Crippen LogP contribution in [-0.4, -0.2) is 34.2 Å². The highest BCUT2D eigenvalue weighted by Gasteiger charge is 2.40. The molecule has 2 rings (SSSR count). The van der Waals surface area contributed by atoms with E-state index in [1.807, 2.05) is 0 Å². The molecule has 1 aliphatic rings. The Morgan fingerprint density at radius 1 is 1.45 bits per heavy atom. The van der Waals surface area contributed by atoms with Crippen LogP contribution in [-0.2, 0) is 17.4 Å². The molecule has 1 fully saturated rings. The highest BCUT2D eigenvalue weighted by Crippen LogP contribution is 2.32. The molecule has 0 aromatic heterocycles. The maximum Gasteiger partial charge on any atom is 0.416 e. The van der Waals surface area contributed by atoms with Gasteiger partial charge in [-0.1, -0.05) is 18.2 Å². The molecule has 0 radical (unpaired) electrons. The van der Waals surface area contributed by atoms with Crippen molar-refractivity contribution in [3.8, 4) is 0 Å². The van der Waals surface area contributed by atoms with Crippen LogP contribution in [0.1, 0.15) is 24.5 Å². The second-order valence-electron chi connectivity index (χ2n) is 5.57. The molecular weight excluding hydrogens is 315 g/mol. The van der Waals surface area contributed by atoms with Gasteiger partial charge in [-0.15, -0.1) is 0 Å². The molecule has 1 aliphatic heterocycles. The number of benzene rings is 1. The van der Waals surface area contributed by atoms with Crippen LogP contribution in [0.5, 0.6) is 0 Å². The monoisotopic (exact) mass is 333 g/mol. The molecule has 0 spiro atoms. The fourth-order valence-electron chi connectivity index (χ4n) is 2.45. The Kier molecular flexibility index (Phi) is 5.07. The zero-order valence-corrected chi connectivity index (χ0v) is 12.9. The van der Waals surface area contributed by atoms with Crippen molar-refractivity contribution < 1.29 is 23.1 Å². The summed E-state index contributed by atoms with van der Waals surface area (Å²) >= 11 is 1.49. The van der Waals surface area contributed by atoms with Gasteiger partial charge in [-0.05, 0) is 37.1 Å². The fraction of sp³-hybridized carbons (Fsp3) is 0.533. The van der Waals surface area contributed by atoms with E-state index >= 15 is 0 Å². The summed E-state index contributed by atoms with van der Waals surface area (Å²) in [4.78, 5) is 12.1. The van der Waals surface area contributed by atoms with Crippen molar-refractivity contribution in [1.82, 2.24) is 5.32 Å². The van der Waals surface area contributed by atoms with E-state index in [0.717, 1.165) is 6.07 Å². The van der Waals surface area contributed by atoms with Gasteiger partial charge >= 0.3 is 6.18 Å². The van der Waals surface area contributed by atoms with Gasteiger partial charge < -0.3 is 10.4 Å². The highest BCUT2D eigenvalue weighted by atomic mass is 32.2. The van der Waals surface area contributed by atoms with Gasteiger partial charge in [0.05, 0.1) is 5.56 Å². The Hall–Kier alpha value is -1.21. The van der Waals surface area contributed by atoms with Crippen molar-refractivity contribution in [3.05, 3.63) is 35.4 Å². The quantitative estimate of drug-likeness (QED) is 0.890. The van der Waals surface area contributed by atoms with Crippen molar-refractivity contribution in [2.45, 2.75) is 37.6 Å². The molecule has 2 atom stereocenters. The number of carbonyl (C=O) groups excluding carboxylic acids is 1. The Balaban J connectivity index is 2.04. The number of aliphatic hydroxyl groups is 1. The first-order valence-electron chi connectivity index (χ1n) is 6.98. The molecule has 7 heteroatoms. The molecule has 0 bridgehead atoms. The van der Waals surface area contributed by atoms with Crippen LogP contribution in [0.25, 0.3) is 0 Å². The first-order valence-corrected chi connectivity index (χ1v) is 8.14. The molecule has 1 aromatic carbocycles. The summed E-state index contributed by atoms with van der Waals surface area (Å²) in [6.45, 7) is 1.64. The summed E-state index contributed by atoms with van der Waals surface area (Å²) in [5.41, 5.74) is -1.95. The van der Waals surface area contributed by atoms with Crippen LogP contribution in [0, 0.1) is 0 Å². The third-order valence-corrected chi connectivity index (χ3v) is 4.82. The Morgan fingerprint density at radius 3 is 2.73 bits per heavy atom. The molecule has 2 N–H and O–H groups in total. The molecule has 1 aromatic rings. The van der Waals surface area contributed by atoms with Crippen LogP contribution < -0.4 is 5.32 Å². The summed E-state index contributed by atoms with van der Waals surface area (Å²) in [6, 6.07) is 4.83. The van der Waals surface area contributed by atoms with Gasteiger partial charge in [0.2, 0.25) is 0 Å². The summed E-state index contributed by atoms with van der Waals surface area (Å²) in [5.74, 6) is 0.523. The lowest BCUT2D eigenvalue weighted by atomic mass is 9.98. The molecule has 1 amide bonds. The molecule has 1 saturated heterocycles. The number of amides is 1. The minimum Gasteiger partial charge on any atom is -0.379 e. The van der Waals surface area contributed by atoms with Gasteiger partial charge in [-0.2, -0.15) is 24.9 Å². The standard InChI is InChI=1S/C15H18F3NO2S/c1-10(19-13(20)14(21)6-7-22-9-14)8-11-4-2-3-5-12(11)15(16,17)18/h2-5,10,21H,6-9H2,1H3,(H,19,20)/t10-,14+/m1/s1. The van der Waals surface area contributed by atoms with Gasteiger partial charge in [-0.3, -0.25) is 4.79 Å². The van der Waals surface area contributed by atoms with Crippen LogP contribution in [0.4, 0.5) is 13.2 Å². The second-order valence-corrected chi connectivity index (χ2v) is 6.67. The smallest absolute Gasteiger partial charge is 0.379 e. The predicted molar refractivity (Wildman–Crippen MR) is 79.6 cm³/mol. The van der Waals surface area contributed by atoms with E-state index in [4.69, 9.17) is 0 Å². The van der Waals surface area contributed by atoms with Crippen LogP contribution in [0.15, 0.2) is 24.3 Å². The van der Waals surface area contributed by atoms with Crippen molar-refractivity contribution >= 4 is 17.7 Å². The Morgan fingerprint density at radius 2 is 2.14 bits per heavy atom. The first-order chi connectivity index (χ1) is 10.2. The first kappa shape index (κ1) is 17.1. The number of hydrogen-bond donors (Lipinski definition) is 2. The number of hydrogen-bond acceptors (Lipinski definition) is 3. The molecular formula is C15H18F3NO2S. The predicted octanol–water partition coefficient (Wildman–Crippen LogP) is 2.62. The largest absolute Gasteiger partial charge is 0.416 e. The van der Waals surface area contributed by atoms with Gasteiger partial charge in [0.25, 0.3) is 5.91 Å². The number of alkyl halides is 3. The SMILES string of the molecule is C[C@H](Cc1ccccc1C(F)(F)F)NC(=O)[C@]1(O)CCSC1. The summed E-state index contributed by atoms with van der Waals surface area (Å²) in [5, 5.41) is 12.8. The number of thioether (sulfide) groups is 1. The fourth-order valence-corrected chi connectivity index (χ4v) is 3.69. The van der Waals surface area contributed by atoms with Crippen LogP contribution in [0.3, 0.4) is 0 Å². The second kappa shape index (κ2) is 6.50. The van der Waals surface area contributed by atoms with Crippen molar-refractivity contribution in [2.75, 3.05) is 11.5 Å². The van der Waals surface area contributed by atoms with Crippen molar-refractivity contribution in [2.24, 2.45) is 0 Å². The maximum absolute atomic E-state index is 12.9. The number of nitrogens with one attached hydrogen (secondary N) is 1. The van der Waals surface area contributed by atoms with Crippen molar-refractivity contribution in [3.63, 3.8) is 0 Å². The third kappa shape index (κ3) is 3.95. The van der Waals surface area contributed by atoms with E-state index in [2.05, 4.69) is 5.32 Å². The van der Waals surface area contributed by atoms with Gasteiger partial charge in [0.1, 0.15) is 0 Å². The van der Waals surface area contributed by atoms with Gasteiger partial charge in [0.15, 0.2) is 5.60 Å². The van der Waals surface area contributed by atoms with E-state index in [1.54, 1.807) is 13.0 Å². The van der Waals surface area contributed by atoms with E-state index < -0.39 is 29.3 Å². The van der Waals surface area contributed by atoms with Crippen LogP contribution >= 0.6 is 11.8 Å².